The van der Waals surface area contributed by atoms with Gasteiger partial charge in [-0.15, -0.1) is 0 Å². The molecule has 6 heteroatoms. The van der Waals surface area contributed by atoms with Crippen LogP contribution >= 0.6 is 0 Å². The quantitative estimate of drug-likeness (QED) is 0.660. The molecule has 0 aliphatic heterocycles. The van der Waals surface area contributed by atoms with Gasteiger partial charge in [0.15, 0.2) is 11.5 Å². The number of nitrogens with zero attached hydrogens (tertiary/aromatic N) is 3. The molecule has 0 atom stereocenters. The Hall–Kier alpha value is -3.12. The Morgan fingerprint density at radius 2 is 1.48 bits per heavy atom. The van der Waals surface area contributed by atoms with E-state index in [2.05, 4.69) is 14.9 Å². The fourth-order valence-corrected chi connectivity index (χ4v) is 2.88. The first-order chi connectivity index (χ1) is 13.2. The molecule has 0 unspecified atom stereocenters. The highest BCUT2D eigenvalue weighted by molar-refractivity contribution is 5.50. The fourth-order valence-electron chi connectivity index (χ4n) is 2.88. The van der Waals surface area contributed by atoms with E-state index in [0.29, 0.717) is 31.1 Å². The number of methoxy groups -OCH3 is 2. The molecule has 1 aromatic carbocycles. The van der Waals surface area contributed by atoms with Gasteiger partial charge in [0.05, 0.1) is 25.6 Å². The molecular weight excluding hydrogens is 342 g/mol. The summed E-state index contributed by atoms with van der Waals surface area (Å²) in [5.41, 5.74) is 2.61. The van der Waals surface area contributed by atoms with Crippen molar-refractivity contribution in [3.63, 3.8) is 0 Å². The zero-order chi connectivity index (χ0) is 19.1. The molecule has 0 aliphatic rings. The molecule has 2 aromatic heterocycles. The third kappa shape index (κ3) is 4.95. The molecule has 0 amide bonds. The predicted molar refractivity (Wildman–Crippen MR) is 103 cm³/mol. The van der Waals surface area contributed by atoms with E-state index in [4.69, 9.17) is 9.47 Å². The largest absolute Gasteiger partial charge is 0.504 e. The van der Waals surface area contributed by atoms with Crippen molar-refractivity contribution in [3.8, 4) is 17.2 Å². The number of rotatable bonds is 8. The summed E-state index contributed by atoms with van der Waals surface area (Å²) in [6, 6.07) is 15.2. The molecule has 27 heavy (non-hydrogen) atoms. The fraction of sp³-hybridized carbons (Fsp3) is 0.238. The topological polar surface area (TPSA) is 67.7 Å². The molecule has 0 spiro atoms. The van der Waals surface area contributed by atoms with Gasteiger partial charge in [0.25, 0.3) is 0 Å². The first kappa shape index (κ1) is 18.7. The van der Waals surface area contributed by atoms with E-state index in [1.807, 2.05) is 42.5 Å². The number of pyridine rings is 2. The van der Waals surface area contributed by atoms with E-state index >= 15 is 0 Å². The smallest absolute Gasteiger partial charge is 0.164 e. The molecule has 3 aromatic rings. The van der Waals surface area contributed by atoms with Crippen LogP contribution in [0.25, 0.3) is 0 Å². The maximum Gasteiger partial charge on any atom is 0.164 e. The van der Waals surface area contributed by atoms with Gasteiger partial charge < -0.3 is 14.6 Å². The van der Waals surface area contributed by atoms with Crippen molar-refractivity contribution in [3.05, 3.63) is 77.9 Å². The molecular formula is C21H23N3O3. The van der Waals surface area contributed by atoms with Crippen LogP contribution in [0.4, 0.5) is 0 Å². The molecule has 0 saturated heterocycles. The van der Waals surface area contributed by atoms with Crippen LogP contribution in [0.5, 0.6) is 17.2 Å². The Kier molecular flexibility index (Phi) is 6.22. The molecule has 0 fully saturated rings. The van der Waals surface area contributed by atoms with Crippen molar-refractivity contribution in [2.45, 2.75) is 19.6 Å². The van der Waals surface area contributed by atoms with Crippen molar-refractivity contribution in [1.82, 2.24) is 14.9 Å². The van der Waals surface area contributed by atoms with Gasteiger partial charge in [-0.3, -0.25) is 14.9 Å². The summed E-state index contributed by atoms with van der Waals surface area (Å²) >= 11 is 0. The lowest BCUT2D eigenvalue weighted by Crippen LogP contribution is -2.23. The summed E-state index contributed by atoms with van der Waals surface area (Å²) < 4.78 is 10.6. The van der Waals surface area contributed by atoms with Crippen LogP contribution in [0.3, 0.4) is 0 Å². The Labute approximate surface area is 159 Å². The number of ether oxygens (including phenoxy) is 2. The minimum atomic E-state index is 0.116. The average Bonchev–Trinajstić information content (AvgIpc) is 2.71. The number of hydrogen-bond donors (Lipinski definition) is 1. The van der Waals surface area contributed by atoms with Crippen molar-refractivity contribution >= 4 is 0 Å². The van der Waals surface area contributed by atoms with E-state index in [1.54, 1.807) is 25.6 Å². The van der Waals surface area contributed by atoms with Crippen LogP contribution in [0.15, 0.2) is 60.9 Å². The second-order valence-electron chi connectivity index (χ2n) is 6.12. The second kappa shape index (κ2) is 9.00. The zero-order valence-corrected chi connectivity index (χ0v) is 15.5. The maximum atomic E-state index is 10.6. The lowest BCUT2D eigenvalue weighted by molar-refractivity contribution is 0.237. The highest BCUT2D eigenvalue weighted by Crippen LogP contribution is 2.35. The summed E-state index contributed by atoms with van der Waals surface area (Å²) in [6.07, 6.45) is 3.56. The number of aromatic hydroxyl groups is 1. The number of aromatic nitrogens is 2. The molecule has 0 aliphatic carbocycles. The lowest BCUT2D eigenvalue weighted by Gasteiger charge is -2.23. The summed E-state index contributed by atoms with van der Waals surface area (Å²) in [7, 11) is 3.12. The minimum absolute atomic E-state index is 0.116. The standard InChI is InChI=1S/C21H23N3O3/c1-26-19-11-16(21(25)20(12-19)27-2)13-24(14-17-7-3-5-9-22-17)15-18-8-4-6-10-23-18/h3-12,25H,13-15H2,1-2H3. The minimum Gasteiger partial charge on any atom is -0.504 e. The molecule has 0 saturated carbocycles. The predicted octanol–water partition coefficient (Wildman–Crippen LogP) is 3.40. The van der Waals surface area contributed by atoms with Crippen molar-refractivity contribution in [1.29, 1.82) is 0 Å². The third-order valence-corrected chi connectivity index (χ3v) is 4.20. The monoisotopic (exact) mass is 365 g/mol. The normalized spacial score (nSPS) is 10.8. The molecule has 3 rings (SSSR count). The van der Waals surface area contributed by atoms with Crippen LogP contribution in [0.1, 0.15) is 17.0 Å². The highest BCUT2D eigenvalue weighted by Gasteiger charge is 2.16. The number of hydrogen-bond acceptors (Lipinski definition) is 6. The van der Waals surface area contributed by atoms with Crippen LogP contribution in [-0.4, -0.2) is 34.2 Å². The summed E-state index contributed by atoms with van der Waals surface area (Å²) in [5.74, 6) is 1.14. The maximum absolute atomic E-state index is 10.6. The van der Waals surface area contributed by atoms with Gasteiger partial charge in [0.2, 0.25) is 0 Å². The van der Waals surface area contributed by atoms with Crippen LogP contribution in [0, 0.1) is 0 Å². The Balaban J connectivity index is 1.88. The lowest BCUT2D eigenvalue weighted by atomic mass is 10.1. The Morgan fingerprint density at radius 1 is 0.852 bits per heavy atom. The molecule has 140 valence electrons. The highest BCUT2D eigenvalue weighted by atomic mass is 16.5. The van der Waals surface area contributed by atoms with Crippen molar-refractivity contribution < 1.29 is 14.6 Å². The number of phenols is 1. The molecule has 6 nitrogen and oxygen atoms in total. The van der Waals surface area contributed by atoms with Gasteiger partial charge in [-0.1, -0.05) is 12.1 Å². The van der Waals surface area contributed by atoms with E-state index < -0.39 is 0 Å². The second-order valence-corrected chi connectivity index (χ2v) is 6.12. The first-order valence-corrected chi connectivity index (χ1v) is 8.65. The summed E-state index contributed by atoms with van der Waals surface area (Å²) in [5, 5.41) is 10.6. The van der Waals surface area contributed by atoms with Crippen LogP contribution in [0.2, 0.25) is 0 Å². The molecule has 0 bridgehead atoms. The van der Waals surface area contributed by atoms with E-state index in [-0.39, 0.29) is 5.75 Å². The first-order valence-electron chi connectivity index (χ1n) is 8.65. The van der Waals surface area contributed by atoms with E-state index in [0.717, 1.165) is 17.0 Å². The van der Waals surface area contributed by atoms with Gasteiger partial charge in [-0.2, -0.15) is 0 Å². The van der Waals surface area contributed by atoms with Crippen LogP contribution in [-0.2, 0) is 19.6 Å². The summed E-state index contributed by atoms with van der Waals surface area (Å²) in [6.45, 7) is 1.74. The molecule has 1 N–H and O–H groups in total. The third-order valence-electron chi connectivity index (χ3n) is 4.20. The van der Waals surface area contributed by atoms with Crippen molar-refractivity contribution in [2.75, 3.05) is 14.2 Å². The molecule has 0 radical (unpaired) electrons. The van der Waals surface area contributed by atoms with E-state index in [1.165, 1.54) is 7.11 Å². The van der Waals surface area contributed by atoms with Gasteiger partial charge in [-0.25, -0.2) is 0 Å². The number of phenolic OH excluding ortho intramolecular Hbond substituents is 1. The van der Waals surface area contributed by atoms with Gasteiger partial charge in [-0.05, 0) is 30.3 Å². The van der Waals surface area contributed by atoms with Crippen LogP contribution < -0.4 is 9.47 Å². The Bertz CT molecular complexity index is 816. The SMILES string of the molecule is COc1cc(CN(Cc2ccccn2)Cc2ccccn2)c(O)c(OC)c1. The van der Waals surface area contributed by atoms with E-state index in [9.17, 15) is 5.11 Å². The van der Waals surface area contributed by atoms with Gasteiger partial charge >= 0.3 is 0 Å². The summed E-state index contributed by atoms with van der Waals surface area (Å²) in [4.78, 5) is 11.0. The average molecular weight is 365 g/mol. The molecule has 2 heterocycles. The Morgan fingerprint density at radius 3 is 1.96 bits per heavy atom. The zero-order valence-electron chi connectivity index (χ0n) is 15.5. The van der Waals surface area contributed by atoms with Crippen molar-refractivity contribution in [2.24, 2.45) is 0 Å². The number of benzene rings is 1. The van der Waals surface area contributed by atoms with Gasteiger partial charge in [0.1, 0.15) is 5.75 Å². The van der Waals surface area contributed by atoms with Gasteiger partial charge in [0, 0.05) is 43.7 Å².